The third kappa shape index (κ3) is 3.42. The number of hydrogen-bond donors (Lipinski definition) is 1. The fourth-order valence-corrected chi connectivity index (χ4v) is 2.75. The Balaban J connectivity index is 1.81. The number of para-hydroxylation sites is 3. The van der Waals surface area contributed by atoms with Crippen LogP contribution < -0.4 is 4.74 Å². The molecule has 1 N–H and O–H groups in total. The number of H-pyrrole nitrogens is 1. The molecule has 25 heavy (non-hydrogen) atoms. The van der Waals surface area contributed by atoms with Crippen LogP contribution in [0.3, 0.4) is 0 Å². The zero-order chi connectivity index (χ0) is 17.1. The molecule has 0 saturated heterocycles. The number of benzene rings is 3. The summed E-state index contributed by atoms with van der Waals surface area (Å²) in [6, 6.07) is 25.1. The van der Waals surface area contributed by atoms with Crippen LogP contribution in [0.5, 0.6) is 5.75 Å². The van der Waals surface area contributed by atoms with Gasteiger partial charge in [-0.1, -0.05) is 60.1 Å². The maximum Gasteiger partial charge on any atom is 0.174 e. The largest absolute Gasteiger partial charge is 0.453 e. The average Bonchev–Trinajstić information content (AvgIpc) is 3.08. The van der Waals surface area contributed by atoms with Crippen molar-refractivity contribution in [1.82, 2.24) is 9.97 Å². The summed E-state index contributed by atoms with van der Waals surface area (Å²) in [5.74, 6) is 2.00. The molecule has 0 bridgehead atoms. The van der Waals surface area contributed by atoms with Gasteiger partial charge in [0.15, 0.2) is 11.6 Å². The Morgan fingerprint density at radius 1 is 0.880 bits per heavy atom. The van der Waals surface area contributed by atoms with Crippen molar-refractivity contribution >= 4 is 34.5 Å². The van der Waals surface area contributed by atoms with E-state index in [1.54, 1.807) is 0 Å². The normalized spacial score (nSPS) is 11.6. The van der Waals surface area contributed by atoms with Crippen molar-refractivity contribution in [3.05, 3.63) is 95.3 Å². The molecule has 4 heteroatoms. The molecule has 0 radical (unpaired) electrons. The van der Waals surface area contributed by atoms with Gasteiger partial charge in [-0.2, -0.15) is 0 Å². The second-order valence-electron chi connectivity index (χ2n) is 5.55. The molecule has 1 aromatic heterocycles. The number of nitrogens with zero attached hydrogens (tertiary/aromatic N) is 1. The van der Waals surface area contributed by atoms with E-state index >= 15 is 0 Å². The molecule has 0 atom stereocenters. The molecular formula is C21H15ClN2O. The summed E-state index contributed by atoms with van der Waals surface area (Å²) >= 11 is 6.31. The minimum Gasteiger partial charge on any atom is -0.453 e. The van der Waals surface area contributed by atoms with Crippen LogP contribution in [0.4, 0.5) is 0 Å². The molecule has 0 spiro atoms. The molecule has 0 saturated carbocycles. The molecule has 0 amide bonds. The lowest BCUT2D eigenvalue weighted by atomic mass is 10.2. The molecule has 3 aromatic carbocycles. The van der Waals surface area contributed by atoms with Crippen molar-refractivity contribution < 1.29 is 4.74 Å². The monoisotopic (exact) mass is 346 g/mol. The van der Waals surface area contributed by atoms with Crippen LogP contribution >= 0.6 is 11.6 Å². The van der Waals surface area contributed by atoms with Gasteiger partial charge in [-0.25, -0.2) is 4.98 Å². The first-order valence-corrected chi connectivity index (χ1v) is 8.32. The van der Waals surface area contributed by atoms with Crippen LogP contribution in [0.15, 0.2) is 78.9 Å². The number of aromatic amines is 1. The van der Waals surface area contributed by atoms with E-state index in [-0.39, 0.29) is 0 Å². The van der Waals surface area contributed by atoms with Gasteiger partial charge in [0.05, 0.1) is 11.0 Å². The lowest BCUT2D eigenvalue weighted by Crippen LogP contribution is -1.97. The number of fused-ring (bicyclic) bond motifs is 1. The van der Waals surface area contributed by atoms with Crippen molar-refractivity contribution in [3.63, 3.8) is 0 Å². The SMILES string of the molecule is Clc1ccccc1/C=C(/Oc1ccccc1)c1nc2ccccc2[nH]1. The molecule has 0 aliphatic heterocycles. The molecular weight excluding hydrogens is 332 g/mol. The highest BCUT2D eigenvalue weighted by molar-refractivity contribution is 6.32. The first-order valence-electron chi connectivity index (χ1n) is 7.94. The lowest BCUT2D eigenvalue weighted by Gasteiger charge is -2.09. The number of hydrogen-bond acceptors (Lipinski definition) is 2. The minimum absolute atomic E-state index is 0.607. The number of ether oxygens (including phenoxy) is 1. The third-order valence-electron chi connectivity index (χ3n) is 3.79. The number of rotatable bonds is 4. The minimum atomic E-state index is 0.607. The fraction of sp³-hybridized carbons (Fsp3) is 0. The van der Waals surface area contributed by atoms with Gasteiger partial charge >= 0.3 is 0 Å². The average molecular weight is 347 g/mol. The Labute approximate surface area is 150 Å². The molecule has 1 heterocycles. The maximum atomic E-state index is 6.31. The standard InChI is InChI=1S/C21H15ClN2O/c22-17-11-5-4-8-15(17)14-20(25-16-9-2-1-3-10-16)21-23-18-12-6-7-13-19(18)24-21/h1-14H,(H,23,24)/b20-14+. The van der Waals surface area contributed by atoms with Crippen LogP contribution in [0.1, 0.15) is 11.4 Å². The second-order valence-corrected chi connectivity index (χ2v) is 5.95. The summed E-state index contributed by atoms with van der Waals surface area (Å²) in [6.45, 7) is 0. The fourth-order valence-electron chi connectivity index (χ4n) is 2.56. The van der Waals surface area contributed by atoms with E-state index in [9.17, 15) is 0 Å². The number of aromatic nitrogens is 2. The van der Waals surface area contributed by atoms with E-state index < -0.39 is 0 Å². The highest BCUT2D eigenvalue weighted by Gasteiger charge is 2.11. The van der Waals surface area contributed by atoms with E-state index in [2.05, 4.69) is 9.97 Å². The van der Waals surface area contributed by atoms with Crippen LogP contribution in [0, 0.1) is 0 Å². The Morgan fingerprint density at radius 3 is 2.40 bits per heavy atom. The molecule has 4 aromatic rings. The van der Waals surface area contributed by atoms with E-state index in [4.69, 9.17) is 16.3 Å². The van der Waals surface area contributed by atoms with Gasteiger partial charge in [0.2, 0.25) is 0 Å². The summed E-state index contributed by atoms with van der Waals surface area (Å²) in [4.78, 5) is 7.95. The first kappa shape index (κ1) is 15.5. The lowest BCUT2D eigenvalue weighted by molar-refractivity contribution is 0.513. The molecule has 0 aliphatic rings. The van der Waals surface area contributed by atoms with Crippen LogP contribution in [0.2, 0.25) is 5.02 Å². The molecule has 0 fully saturated rings. The van der Waals surface area contributed by atoms with Gasteiger partial charge in [-0.05, 0) is 42.0 Å². The second kappa shape index (κ2) is 6.83. The van der Waals surface area contributed by atoms with Gasteiger partial charge in [-0.15, -0.1) is 0 Å². The zero-order valence-corrected chi connectivity index (χ0v) is 14.1. The van der Waals surface area contributed by atoms with Crippen molar-refractivity contribution in [2.45, 2.75) is 0 Å². The van der Waals surface area contributed by atoms with Gasteiger partial charge in [0.25, 0.3) is 0 Å². The smallest absolute Gasteiger partial charge is 0.174 e. The Kier molecular flexibility index (Phi) is 4.23. The summed E-state index contributed by atoms with van der Waals surface area (Å²) in [6.07, 6.45) is 1.90. The summed E-state index contributed by atoms with van der Waals surface area (Å²) < 4.78 is 6.10. The summed E-state index contributed by atoms with van der Waals surface area (Å²) in [5.41, 5.74) is 2.72. The number of nitrogens with one attached hydrogen (secondary N) is 1. The molecule has 122 valence electrons. The van der Waals surface area contributed by atoms with Gasteiger partial charge < -0.3 is 9.72 Å². The van der Waals surface area contributed by atoms with Gasteiger partial charge in [0, 0.05) is 5.02 Å². The predicted molar refractivity (Wildman–Crippen MR) is 102 cm³/mol. The van der Waals surface area contributed by atoms with Gasteiger partial charge in [-0.3, -0.25) is 0 Å². The zero-order valence-electron chi connectivity index (χ0n) is 13.3. The first-order chi connectivity index (χ1) is 12.3. The maximum absolute atomic E-state index is 6.31. The Morgan fingerprint density at radius 2 is 1.60 bits per heavy atom. The third-order valence-corrected chi connectivity index (χ3v) is 4.13. The molecule has 4 rings (SSSR count). The van der Waals surface area contributed by atoms with E-state index in [0.717, 1.165) is 22.3 Å². The highest BCUT2D eigenvalue weighted by Crippen LogP contribution is 2.26. The van der Waals surface area contributed by atoms with Crippen LogP contribution in [-0.4, -0.2) is 9.97 Å². The number of halogens is 1. The summed E-state index contributed by atoms with van der Waals surface area (Å²) in [5, 5.41) is 0.660. The molecule has 3 nitrogen and oxygen atoms in total. The van der Waals surface area contributed by atoms with E-state index in [1.165, 1.54) is 0 Å². The Bertz CT molecular complexity index is 1000. The summed E-state index contributed by atoms with van der Waals surface area (Å²) in [7, 11) is 0. The Hall–Kier alpha value is -3.04. The van der Waals surface area contributed by atoms with Gasteiger partial charge in [0.1, 0.15) is 5.75 Å². The quantitative estimate of drug-likeness (QED) is 0.475. The van der Waals surface area contributed by atoms with Crippen molar-refractivity contribution in [2.24, 2.45) is 0 Å². The highest BCUT2D eigenvalue weighted by atomic mass is 35.5. The van der Waals surface area contributed by atoms with Crippen LogP contribution in [-0.2, 0) is 0 Å². The van der Waals surface area contributed by atoms with Crippen LogP contribution in [0.25, 0.3) is 22.9 Å². The van der Waals surface area contributed by atoms with E-state index in [1.807, 2.05) is 84.9 Å². The number of imidazole rings is 1. The topological polar surface area (TPSA) is 37.9 Å². The molecule has 0 unspecified atom stereocenters. The van der Waals surface area contributed by atoms with Crippen molar-refractivity contribution in [1.29, 1.82) is 0 Å². The predicted octanol–water partition coefficient (Wildman–Crippen LogP) is 5.79. The van der Waals surface area contributed by atoms with Crippen molar-refractivity contribution in [2.75, 3.05) is 0 Å². The van der Waals surface area contributed by atoms with E-state index in [0.29, 0.717) is 16.6 Å². The van der Waals surface area contributed by atoms with Crippen molar-refractivity contribution in [3.8, 4) is 5.75 Å². The molecule has 0 aliphatic carbocycles.